The number of carbonyl (C=O) groups excluding carboxylic acids is 1. The van der Waals surface area contributed by atoms with Crippen LogP contribution in [0.3, 0.4) is 0 Å². The smallest absolute Gasteiger partial charge is 0.223 e. The maximum Gasteiger partial charge on any atom is 0.223 e. The molecule has 120 valence electrons. The van der Waals surface area contributed by atoms with Gasteiger partial charge in [-0.1, -0.05) is 47.5 Å². The Kier molecular flexibility index (Phi) is 4.90. The summed E-state index contributed by atoms with van der Waals surface area (Å²) in [6, 6.07) is 13.3. The molecule has 1 amide bonds. The van der Waals surface area contributed by atoms with Gasteiger partial charge < -0.3 is 10.6 Å². The molecule has 0 fully saturated rings. The lowest BCUT2D eigenvalue weighted by Gasteiger charge is -2.33. The number of hydrogen-bond acceptors (Lipinski definition) is 2. The highest BCUT2D eigenvalue weighted by Gasteiger charge is 2.25. The number of fused-ring (bicyclic) bond motifs is 1. The van der Waals surface area contributed by atoms with Crippen LogP contribution in [0.5, 0.6) is 0 Å². The Morgan fingerprint density at radius 3 is 2.61 bits per heavy atom. The fourth-order valence-electron chi connectivity index (χ4n) is 3.00. The molecule has 0 radical (unpaired) electrons. The number of benzene rings is 2. The molecule has 0 saturated carbocycles. The van der Waals surface area contributed by atoms with Crippen molar-refractivity contribution >= 4 is 29.1 Å². The van der Waals surface area contributed by atoms with E-state index in [1.165, 1.54) is 0 Å². The van der Waals surface area contributed by atoms with E-state index in [0.717, 1.165) is 16.7 Å². The molecule has 5 heteroatoms. The molecule has 2 aromatic rings. The summed E-state index contributed by atoms with van der Waals surface area (Å²) < 4.78 is 0. The third-order valence-electron chi connectivity index (χ3n) is 4.14. The van der Waals surface area contributed by atoms with Gasteiger partial charge in [0.1, 0.15) is 0 Å². The van der Waals surface area contributed by atoms with Gasteiger partial charge in [0.15, 0.2) is 0 Å². The number of carbonyl (C=O) groups is 1. The molecule has 3 rings (SSSR count). The molecule has 0 spiro atoms. The Labute approximate surface area is 146 Å². The zero-order valence-corrected chi connectivity index (χ0v) is 14.1. The molecular weight excluding hydrogens is 331 g/mol. The lowest BCUT2D eigenvalue weighted by atomic mass is 9.95. The van der Waals surface area contributed by atoms with Gasteiger partial charge in [0.05, 0.1) is 0 Å². The molecule has 0 aromatic heterocycles. The molecule has 1 aliphatic heterocycles. The van der Waals surface area contributed by atoms with Crippen molar-refractivity contribution in [1.29, 1.82) is 0 Å². The van der Waals surface area contributed by atoms with Crippen LogP contribution in [-0.2, 0) is 17.8 Å². The standard InChI is InChI=1S/C18H18Cl2N2O/c19-14-7-12(8-15(20)9-14)5-6-18(23)22-10-13-3-1-2-4-16(13)17(21)11-22/h1-4,7-9,17H,5-6,10-11,21H2. The zero-order chi connectivity index (χ0) is 16.4. The predicted molar refractivity (Wildman–Crippen MR) is 93.6 cm³/mol. The first kappa shape index (κ1) is 16.3. The summed E-state index contributed by atoms with van der Waals surface area (Å²) in [6.07, 6.45) is 1.04. The van der Waals surface area contributed by atoms with E-state index < -0.39 is 0 Å². The van der Waals surface area contributed by atoms with Crippen molar-refractivity contribution in [2.24, 2.45) is 5.73 Å². The SMILES string of the molecule is NC1CN(C(=O)CCc2cc(Cl)cc(Cl)c2)Cc2ccccc21. The van der Waals surface area contributed by atoms with Crippen LogP contribution in [0.1, 0.15) is 29.2 Å². The van der Waals surface area contributed by atoms with Gasteiger partial charge in [-0.2, -0.15) is 0 Å². The van der Waals surface area contributed by atoms with Crippen molar-refractivity contribution in [2.45, 2.75) is 25.4 Å². The Morgan fingerprint density at radius 2 is 1.87 bits per heavy atom. The summed E-state index contributed by atoms with van der Waals surface area (Å²) in [5, 5.41) is 1.18. The highest BCUT2D eigenvalue weighted by atomic mass is 35.5. The fourth-order valence-corrected chi connectivity index (χ4v) is 3.57. The van der Waals surface area contributed by atoms with Gasteiger partial charge in [-0.05, 0) is 41.3 Å². The number of hydrogen-bond donors (Lipinski definition) is 1. The molecule has 2 aromatic carbocycles. The van der Waals surface area contributed by atoms with E-state index in [1.54, 1.807) is 6.07 Å². The lowest BCUT2D eigenvalue weighted by molar-refractivity contribution is -0.132. The largest absolute Gasteiger partial charge is 0.336 e. The summed E-state index contributed by atoms with van der Waals surface area (Å²) in [6.45, 7) is 1.19. The average Bonchev–Trinajstić information content (AvgIpc) is 2.51. The molecule has 3 nitrogen and oxygen atoms in total. The van der Waals surface area contributed by atoms with Gasteiger partial charge in [0.2, 0.25) is 5.91 Å². The van der Waals surface area contributed by atoms with Crippen LogP contribution in [0.2, 0.25) is 10.0 Å². The molecule has 1 aliphatic rings. The molecule has 1 unspecified atom stereocenters. The van der Waals surface area contributed by atoms with E-state index in [0.29, 0.717) is 36.0 Å². The minimum atomic E-state index is -0.121. The van der Waals surface area contributed by atoms with E-state index in [1.807, 2.05) is 41.3 Å². The average molecular weight is 349 g/mol. The second-order valence-electron chi connectivity index (χ2n) is 5.86. The van der Waals surface area contributed by atoms with Crippen LogP contribution >= 0.6 is 23.2 Å². The monoisotopic (exact) mass is 348 g/mol. The molecular formula is C18H18Cl2N2O. The van der Waals surface area contributed by atoms with Gasteiger partial charge in [0, 0.05) is 35.6 Å². The highest BCUT2D eigenvalue weighted by Crippen LogP contribution is 2.25. The summed E-state index contributed by atoms with van der Waals surface area (Å²) in [7, 11) is 0. The summed E-state index contributed by atoms with van der Waals surface area (Å²) in [5.74, 6) is 0.103. The maximum atomic E-state index is 12.5. The number of halogens is 2. The fraction of sp³-hybridized carbons (Fsp3) is 0.278. The molecule has 23 heavy (non-hydrogen) atoms. The van der Waals surface area contributed by atoms with E-state index in [9.17, 15) is 4.79 Å². The van der Waals surface area contributed by atoms with Crippen LogP contribution in [0.25, 0.3) is 0 Å². The topological polar surface area (TPSA) is 46.3 Å². The molecule has 0 aliphatic carbocycles. The van der Waals surface area contributed by atoms with Crippen LogP contribution in [0.4, 0.5) is 0 Å². The zero-order valence-electron chi connectivity index (χ0n) is 12.6. The van der Waals surface area contributed by atoms with Gasteiger partial charge in [-0.3, -0.25) is 4.79 Å². The number of aryl methyl sites for hydroxylation is 1. The number of rotatable bonds is 3. The Bertz CT molecular complexity index is 712. The third kappa shape index (κ3) is 3.86. The van der Waals surface area contributed by atoms with Gasteiger partial charge in [0.25, 0.3) is 0 Å². The summed E-state index contributed by atoms with van der Waals surface area (Å²) in [4.78, 5) is 14.3. The number of nitrogens with zero attached hydrogens (tertiary/aromatic N) is 1. The summed E-state index contributed by atoms with van der Waals surface area (Å²) >= 11 is 12.0. The van der Waals surface area contributed by atoms with E-state index in [4.69, 9.17) is 28.9 Å². The Balaban J connectivity index is 1.65. The van der Waals surface area contributed by atoms with Gasteiger partial charge >= 0.3 is 0 Å². The van der Waals surface area contributed by atoms with Crippen molar-refractivity contribution in [3.8, 4) is 0 Å². The number of nitrogens with two attached hydrogens (primary N) is 1. The van der Waals surface area contributed by atoms with Crippen LogP contribution in [0, 0.1) is 0 Å². The van der Waals surface area contributed by atoms with Gasteiger partial charge in [-0.15, -0.1) is 0 Å². The van der Waals surface area contributed by atoms with Crippen molar-refractivity contribution in [2.75, 3.05) is 6.54 Å². The van der Waals surface area contributed by atoms with Crippen molar-refractivity contribution in [3.05, 3.63) is 69.2 Å². The maximum absolute atomic E-state index is 12.5. The first-order valence-electron chi connectivity index (χ1n) is 7.59. The molecule has 1 heterocycles. The molecule has 0 saturated heterocycles. The van der Waals surface area contributed by atoms with E-state index in [-0.39, 0.29) is 11.9 Å². The van der Waals surface area contributed by atoms with E-state index >= 15 is 0 Å². The summed E-state index contributed by atoms with van der Waals surface area (Å²) in [5.41, 5.74) is 9.43. The second kappa shape index (κ2) is 6.91. The molecule has 0 bridgehead atoms. The predicted octanol–water partition coefficient (Wildman–Crippen LogP) is 3.97. The van der Waals surface area contributed by atoms with Crippen LogP contribution in [0.15, 0.2) is 42.5 Å². The van der Waals surface area contributed by atoms with Crippen molar-refractivity contribution in [3.63, 3.8) is 0 Å². The molecule has 2 N–H and O–H groups in total. The second-order valence-corrected chi connectivity index (χ2v) is 6.73. The lowest BCUT2D eigenvalue weighted by Crippen LogP contribution is -2.40. The minimum Gasteiger partial charge on any atom is -0.336 e. The normalized spacial score (nSPS) is 17.0. The third-order valence-corrected chi connectivity index (χ3v) is 4.57. The highest BCUT2D eigenvalue weighted by molar-refractivity contribution is 6.34. The van der Waals surface area contributed by atoms with E-state index in [2.05, 4.69) is 0 Å². The van der Waals surface area contributed by atoms with Crippen molar-refractivity contribution in [1.82, 2.24) is 4.90 Å². The quantitative estimate of drug-likeness (QED) is 0.912. The first-order valence-corrected chi connectivity index (χ1v) is 8.34. The first-order chi connectivity index (χ1) is 11.0. The van der Waals surface area contributed by atoms with Gasteiger partial charge in [-0.25, -0.2) is 0 Å². The Morgan fingerprint density at radius 1 is 1.17 bits per heavy atom. The van der Waals surface area contributed by atoms with Crippen molar-refractivity contribution < 1.29 is 4.79 Å². The molecule has 1 atom stereocenters. The Hall–Kier alpha value is -1.55. The van der Waals surface area contributed by atoms with Crippen LogP contribution in [-0.4, -0.2) is 17.4 Å². The minimum absolute atomic E-state index is 0.103. The number of amides is 1. The van der Waals surface area contributed by atoms with Crippen LogP contribution < -0.4 is 5.73 Å².